The van der Waals surface area contributed by atoms with Gasteiger partial charge in [-0.15, -0.1) is 0 Å². The molecule has 0 radical (unpaired) electrons. The Bertz CT molecular complexity index is 739. The van der Waals surface area contributed by atoms with E-state index in [1.165, 1.54) is 24.1 Å². The number of nitrogens with zero attached hydrogens (tertiary/aromatic N) is 1. The molecule has 1 atom stereocenters. The number of anilines is 2. The molecule has 26 heavy (non-hydrogen) atoms. The number of thiocarbonyl (C=S) groups is 1. The van der Waals surface area contributed by atoms with Crippen LogP contribution in [0.15, 0.2) is 48.5 Å². The Morgan fingerprint density at radius 3 is 2.50 bits per heavy atom. The SMILES string of the molecule is CC1CCN(c2ccc([C@@H](C)NC(=S)Nc3cccc(Cl)c3)cc2)CC1. The second-order valence-electron chi connectivity index (χ2n) is 7.09. The molecule has 138 valence electrons. The fourth-order valence-electron chi connectivity index (χ4n) is 3.25. The number of benzene rings is 2. The molecule has 1 aliphatic rings. The summed E-state index contributed by atoms with van der Waals surface area (Å²) in [5.74, 6) is 0.850. The quantitative estimate of drug-likeness (QED) is 0.665. The van der Waals surface area contributed by atoms with E-state index in [0.717, 1.165) is 24.7 Å². The van der Waals surface area contributed by atoms with Crippen molar-refractivity contribution in [3.63, 3.8) is 0 Å². The van der Waals surface area contributed by atoms with E-state index in [2.05, 4.69) is 53.6 Å². The number of nitrogens with one attached hydrogen (secondary N) is 2. The van der Waals surface area contributed by atoms with Crippen molar-refractivity contribution in [2.45, 2.75) is 32.7 Å². The van der Waals surface area contributed by atoms with Crippen LogP contribution in [0.2, 0.25) is 5.02 Å². The summed E-state index contributed by atoms with van der Waals surface area (Å²) in [6.45, 7) is 6.77. The van der Waals surface area contributed by atoms with Gasteiger partial charge >= 0.3 is 0 Å². The van der Waals surface area contributed by atoms with Crippen molar-refractivity contribution >= 4 is 40.3 Å². The van der Waals surface area contributed by atoms with E-state index >= 15 is 0 Å². The average Bonchev–Trinajstić information content (AvgIpc) is 2.62. The van der Waals surface area contributed by atoms with Crippen LogP contribution in [0.25, 0.3) is 0 Å². The number of piperidine rings is 1. The molecule has 0 aromatic heterocycles. The molecule has 5 heteroatoms. The Kier molecular flexibility index (Phi) is 6.38. The molecular formula is C21H26ClN3S. The highest BCUT2D eigenvalue weighted by Crippen LogP contribution is 2.24. The third-order valence-electron chi connectivity index (χ3n) is 4.97. The third-order valence-corrected chi connectivity index (χ3v) is 5.43. The maximum atomic E-state index is 6.01. The highest BCUT2D eigenvalue weighted by atomic mass is 35.5. The van der Waals surface area contributed by atoms with Crippen molar-refractivity contribution in [2.24, 2.45) is 5.92 Å². The Hall–Kier alpha value is -1.78. The van der Waals surface area contributed by atoms with Gasteiger partial charge in [-0.2, -0.15) is 0 Å². The summed E-state index contributed by atoms with van der Waals surface area (Å²) in [4.78, 5) is 2.48. The van der Waals surface area contributed by atoms with Crippen molar-refractivity contribution in [1.29, 1.82) is 0 Å². The maximum absolute atomic E-state index is 6.01. The van der Waals surface area contributed by atoms with Crippen molar-refractivity contribution in [3.05, 3.63) is 59.1 Å². The van der Waals surface area contributed by atoms with Gasteiger partial charge in [0, 0.05) is 29.5 Å². The van der Waals surface area contributed by atoms with Crippen LogP contribution in [0.4, 0.5) is 11.4 Å². The normalized spacial score (nSPS) is 16.2. The molecule has 3 nitrogen and oxygen atoms in total. The van der Waals surface area contributed by atoms with Gasteiger partial charge in [0.1, 0.15) is 0 Å². The molecule has 3 rings (SSSR count). The van der Waals surface area contributed by atoms with Crippen LogP contribution in [0, 0.1) is 5.92 Å². The summed E-state index contributed by atoms with van der Waals surface area (Å²) in [6.07, 6.45) is 2.56. The summed E-state index contributed by atoms with van der Waals surface area (Å²) in [7, 11) is 0. The molecule has 0 amide bonds. The van der Waals surface area contributed by atoms with E-state index in [-0.39, 0.29) is 6.04 Å². The molecule has 1 aliphatic heterocycles. The first-order valence-electron chi connectivity index (χ1n) is 9.19. The number of rotatable bonds is 4. The zero-order valence-corrected chi connectivity index (χ0v) is 16.9. The first kappa shape index (κ1) is 19.0. The minimum absolute atomic E-state index is 0.129. The Balaban J connectivity index is 1.56. The molecule has 1 heterocycles. The zero-order valence-electron chi connectivity index (χ0n) is 15.3. The lowest BCUT2D eigenvalue weighted by atomic mass is 9.98. The van der Waals surface area contributed by atoms with Gasteiger partial charge in [-0.05, 0) is 73.8 Å². The summed E-state index contributed by atoms with van der Waals surface area (Å²) in [5, 5.41) is 7.79. The molecule has 0 bridgehead atoms. The predicted molar refractivity (Wildman–Crippen MR) is 116 cm³/mol. The number of halogens is 1. The Morgan fingerprint density at radius 2 is 1.85 bits per heavy atom. The smallest absolute Gasteiger partial charge is 0.171 e. The van der Waals surface area contributed by atoms with Crippen molar-refractivity contribution in [2.75, 3.05) is 23.3 Å². The lowest BCUT2D eigenvalue weighted by Gasteiger charge is -2.32. The summed E-state index contributed by atoms with van der Waals surface area (Å²) >= 11 is 11.4. The lowest BCUT2D eigenvalue weighted by Crippen LogP contribution is -2.33. The van der Waals surface area contributed by atoms with Gasteiger partial charge in [0.2, 0.25) is 0 Å². The first-order valence-corrected chi connectivity index (χ1v) is 9.98. The van der Waals surface area contributed by atoms with E-state index in [4.69, 9.17) is 23.8 Å². The van der Waals surface area contributed by atoms with Crippen LogP contribution in [0.5, 0.6) is 0 Å². The third kappa shape index (κ3) is 5.12. The molecule has 0 aliphatic carbocycles. The second kappa shape index (κ2) is 8.74. The van der Waals surface area contributed by atoms with E-state index in [9.17, 15) is 0 Å². The Labute approximate surface area is 166 Å². The molecular weight excluding hydrogens is 362 g/mol. The van der Waals surface area contributed by atoms with Crippen molar-refractivity contribution < 1.29 is 0 Å². The molecule has 1 fully saturated rings. The Morgan fingerprint density at radius 1 is 1.15 bits per heavy atom. The van der Waals surface area contributed by atoms with Gasteiger partial charge in [0.15, 0.2) is 5.11 Å². The summed E-state index contributed by atoms with van der Waals surface area (Å²) < 4.78 is 0. The zero-order chi connectivity index (χ0) is 18.5. The van der Waals surface area contributed by atoms with Crippen LogP contribution in [0.1, 0.15) is 38.3 Å². The van der Waals surface area contributed by atoms with E-state index < -0.39 is 0 Å². The first-order chi connectivity index (χ1) is 12.5. The molecule has 1 saturated heterocycles. The minimum atomic E-state index is 0.129. The predicted octanol–water partition coefficient (Wildman–Crippen LogP) is 5.62. The standard InChI is InChI=1S/C21H26ClN3S/c1-15-10-12-25(13-11-15)20-8-6-17(7-9-20)16(2)23-21(26)24-19-5-3-4-18(22)14-19/h3-9,14-16H,10-13H2,1-2H3,(H2,23,24,26)/t16-/m1/s1. The van der Waals surface area contributed by atoms with Gasteiger partial charge in [-0.3, -0.25) is 0 Å². The maximum Gasteiger partial charge on any atom is 0.171 e. The van der Waals surface area contributed by atoms with E-state index in [1.807, 2.05) is 24.3 Å². The van der Waals surface area contributed by atoms with Crippen LogP contribution >= 0.6 is 23.8 Å². The molecule has 2 aromatic carbocycles. The fourth-order valence-corrected chi connectivity index (χ4v) is 3.74. The molecule has 0 unspecified atom stereocenters. The summed E-state index contributed by atoms with van der Waals surface area (Å²) in [6, 6.07) is 16.5. The van der Waals surface area contributed by atoms with Gasteiger partial charge in [-0.1, -0.05) is 36.7 Å². The van der Waals surface area contributed by atoms with Crippen LogP contribution < -0.4 is 15.5 Å². The highest BCUT2D eigenvalue weighted by Gasteiger charge is 2.16. The number of hydrogen-bond acceptors (Lipinski definition) is 2. The largest absolute Gasteiger partial charge is 0.372 e. The highest BCUT2D eigenvalue weighted by molar-refractivity contribution is 7.80. The second-order valence-corrected chi connectivity index (χ2v) is 7.94. The minimum Gasteiger partial charge on any atom is -0.372 e. The molecule has 2 aromatic rings. The topological polar surface area (TPSA) is 27.3 Å². The van der Waals surface area contributed by atoms with Crippen LogP contribution in [-0.4, -0.2) is 18.2 Å². The molecule has 0 spiro atoms. The van der Waals surface area contributed by atoms with Gasteiger partial charge in [-0.25, -0.2) is 0 Å². The molecule has 0 saturated carbocycles. The monoisotopic (exact) mass is 387 g/mol. The molecule has 2 N–H and O–H groups in total. The van der Waals surface area contributed by atoms with Gasteiger partial charge in [0.05, 0.1) is 6.04 Å². The summed E-state index contributed by atoms with van der Waals surface area (Å²) in [5.41, 5.74) is 3.42. The van der Waals surface area contributed by atoms with Crippen LogP contribution in [0.3, 0.4) is 0 Å². The lowest BCUT2D eigenvalue weighted by molar-refractivity contribution is 0.438. The average molecular weight is 388 g/mol. The van der Waals surface area contributed by atoms with E-state index in [1.54, 1.807) is 0 Å². The van der Waals surface area contributed by atoms with Gasteiger partial charge < -0.3 is 15.5 Å². The van der Waals surface area contributed by atoms with E-state index in [0.29, 0.717) is 10.1 Å². The van der Waals surface area contributed by atoms with Crippen molar-refractivity contribution in [1.82, 2.24) is 5.32 Å². The van der Waals surface area contributed by atoms with Gasteiger partial charge in [0.25, 0.3) is 0 Å². The fraction of sp³-hybridized carbons (Fsp3) is 0.381. The number of hydrogen-bond donors (Lipinski definition) is 2. The van der Waals surface area contributed by atoms with Crippen LogP contribution in [-0.2, 0) is 0 Å². The van der Waals surface area contributed by atoms with Crippen molar-refractivity contribution in [3.8, 4) is 0 Å².